The fraction of sp³-hybridized carbons (Fsp3) is 0.938. The van der Waals surface area contributed by atoms with Crippen molar-refractivity contribution in [2.75, 3.05) is 13.2 Å². The highest BCUT2D eigenvalue weighted by Gasteiger charge is 2.39. The Morgan fingerprint density at radius 3 is 2.26 bits per heavy atom. The maximum atomic E-state index is 10.3. The van der Waals surface area contributed by atoms with Crippen LogP contribution in [0.5, 0.6) is 0 Å². The molecule has 0 saturated carbocycles. The Hall–Kier alpha value is -0.590. The highest BCUT2D eigenvalue weighted by atomic mass is 16.5. The van der Waals surface area contributed by atoms with Crippen LogP contribution in [-0.2, 0) is 4.74 Å². The molecule has 0 aromatic heterocycles. The van der Waals surface area contributed by atoms with Crippen LogP contribution in [0.3, 0.4) is 0 Å². The maximum Gasteiger partial charge on any atom is 0.0875 e. The molecule has 1 N–H and O–H groups in total. The molecule has 1 aliphatic rings. The maximum absolute atomic E-state index is 10.3. The summed E-state index contributed by atoms with van der Waals surface area (Å²) in [6.07, 6.45) is 10.4. The molecule has 1 fully saturated rings. The quantitative estimate of drug-likeness (QED) is 0.646. The first kappa shape index (κ1) is 16.5. The van der Waals surface area contributed by atoms with E-state index in [0.29, 0.717) is 26.1 Å². The smallest absolute Gasteiger partial charge is 0.0875 e. The van der Waals surface area contributed by atoms with Gasteiger partial charge >= 0.3 is 0 Å². The van der Waals surface area contributed by atoms with Crippen LogP contribution in [0.4, 0.5) is 0 Å². The summed E-state index contributed by atoms with van der Waals surface area (Å²) in [6.45, 7) is 3.45. The molecule has 1 atom stereocenters. The number of unbranched alkanes of at least 4 members (excludes halogenated alkanes) is 6. The van der Waals surface area contributed by atoms with Gasteiger partial charge < -0.3 is 9.84 Å². The summed E-state index contributed by atoms with van der Waals surface area (Å²) >= 11 is 0. The molecule has 0 radical (unpaired) electrons. The number of aliphatic hydroxyl groups is 1. The average molecular weight is 267 g/mol. The van der Waals surface area contributed by atoms with Gasteiger partial charge in [0, 0.05) is 13.2 Å². The summed E-state index contributed by atoms with van der Waals surface area (Å²) in [5, 5.41) is 19.6. The molecule has 0 aromatic rings. The van der Waals surface area contributed by atoms with Crippen molar-refractivity contribution in [2.24, 2.45) is 5.41 Å². The predicted octanol–water partition coefficient (Wildman–Crippen LogP) is 3.81. The molecule has 3 nitrogen and oxygen atoms in total. The van der Waals surface area contributed by atoms with Crippen LogP contribution in [0.2, 0.25) is 0 Å². The zero-order chi connectivity index (χ0) is 14.0. The first-order valence-corrected chi connectivity index (χ1v) is 7.92. The van der Waals surface area contributed by atoms with Gasteiger partial charge in [0.2, 0.25) is 0 Å². The molecule has 1 aliphatic heterocycles. The summed E-state index contributed by atoms with van der Waals surface area (Å²) in [6, 6.07) is 2.36. The van der Waals surface area contributed by atoms with Crippen LogP contribution in [0, 0.1) is 16.7 Å². The molecule has 3 heteroatoms. The molecule has 0 amide bonds. The van der Waals surface area contributed by atoms with Crippen LogP contribution in [0.1, 0.15) is 71.1 Å². The number of rotatable bonds is 9. The molecule has 0 aliphatic carbocycles. The SMILES string of the molecule is CCCCCCCCCC(O)C1(C#N)CCOCC1. The van der Waals surface area contributed by atoms with Crippen molar-refractivity contribution in [1.29, 1.82) is 5.26 Å². The molecule has 0 bridgehead atoms. The molecular formula is C16H29NO2. The second-order valence-electron chi connectivity index (χ2n) is 5.81. The minimum atomic E-state index is -0.541. The van der Waals surface area contributed by atoms with Gasteiger partial charge in [-0.25, -0.2) is 0 Å². The summed E-state index contributed by atoms with van der Waals surface area (Å²) in [5.74, 6) is 0. The molecule has 1 rings (SSSR count). The standard InChI is InChI=1S/C16H29NO2/c1-2-3-4-5-6-7-8-9-15(18)16(14-17)10-12-19-13-11-16/h15,18H,2-13H2,1H3. The summed E-state index contributed by atoms with van der Waals surface area (Å²) in [5.41, 5.74) is -0.541. The second-order valence-corrected chi connectivity index (χ2v) is 5.81. The van der Waals surface area contributed by atoms with Crippen LogP contribution in [0.25, 0.3) is 0 Å². The van der Waals surface area contributed by atoms with Gasteiger partial charge in [-0.3, -0.25) is 0 Å². The minimum absolute atomic E-state index is 0.475. The second kappa shape index (κ2) is 9.34. The predicted molar refractivity (Wildman–Crippen MR) is 76.7 cm³/mol. The Labute approximate surface area is 118 Å². The lowest BCUT2D eigenvalue weighted by Crippen LogP contribution is -2.39. The molecular weight excluding hydrogens is 238 g/mol. The van der Waals surface area contributed by atoms with Crippen molar-refractivity contribution in [3.05, 3.63) is 0 Å². The topological polar surface area (TPSA) is 53.2 Å². The molecule has 1 saturated heterocycles. The van der Waals surface area contributed by atoms with Gasteiger partial charge in [-0.2, -0.15) is 5.26 Å². The molecule has 110 valence electrons. The summed E-state index contributed by atoms with van der Waals surface area (Å²) in [4.78, 5) is 0. The van der Waals surface area contributed by atoms with Gasteiger partial charge in [-0.1, -0.05) is 51.9 Å². The van der Waals surface area contributed by atoms with Crippen LogP contribution in [-0.4, -0.2) is 24.4 Å². The molecule has 19 heavy (non-hydrogen) atoms. The van der Waals surface area contributed by atoms with E-state index in [0.717, 1.165) is 12.8 Å². The normalized spacial score (nSPS) is 19.8. The molecule has 0 spiro atoms. The van der Waals surface area contributed by atoms with E-state index in [2.05, 4.69) is 13.0 Å². The fourth-order valence-corrected chi connectivity index (χ4v) is 2.83. The lowest BCUT2D eigenvalue weighted by Gasteiger charge is -2.34. The number of aliphatic hydroxyl groups excluding tert-OH is 1. The number of nitrogens with zero attached hydrogens (tertiary/aromatic N) is 1. The Bertz CT molecular complexity index is 266. The average Bonchev–Trinajstić information content (AvgIpc) is 2.46. The third-order valence-electron chi connectivity index (χ3n) is 4.33. The lowest BCUT2D eigenvalue weighted by atomic mass is 9.75. The van der Waals surface area contributed by atoms with Crippen LogP contribution in [0.15, 0.2) is 0 Å². The zero-order valence-electron chi connectivity index (χ0n) is 12.4. The van der Waals surface area contributed by atoms with Gasteiger partial charge in [-0.15, -0.1) is 0 Å². The van der Waals surface area contributed by atoms with Crippen molar-refractivity contribution < 1.29 is 9.84 Å². The van der Waals surface area contributed by atoms with Crippen molar-refractivity contribution in [2.45, 2.75) is 77.2 Å². The molecule has 1 unspecified atom stereocenters. The molecule has 1 heterocycles. The lowest BCUT2D eigenvalue weighted by molar-refractivity contribution is -0.0334. The van der Waals surface area contributed by atoms with E-state index >= 15 is 0 Å². The van der Waals surface area contributed by atoms with Crippen molar-refractivity contribution in [1.82, 2.24) is 0 Å². The monoisotopic (exact) mass is 267 g/mol. The van der Waals surface area contributed by atoms with E-state index in [1.165, 1.54) is 38.5 Å². The Morgan fingerprint density at radius 2 is 1.68 bits per heavy atom. The molecule has 0 aromatic carbocycles. The van der Waals surface area contributed by atoms with Crippen LogP contribution >= 0.6 is 0 Å². The highest BCUT2D eigenvalue weighted by molar-refractivity contribution is 5.04. The first-order valence-electron chi connectivity index (χ1n) is 7.92. The Balaban J connectivity index is 2.15. The summed E-state index contributed by atoms with van der Waals surface area (Å²) in [7, 11) is 0. The van der Waals surface area contributed by atoms with Crippen molar-refractivity contribution in [3.63, 3.8) is 0 Å². The van der Waals surface area contributed by atoms with Gasteiger partial charge in [-0.05, 0) is 19.3 Å². The van der Waals surface area contributed by atoms with E-state index in [9.17, 15) is 10.4 Å². The van der Waals surface area contributed by atoms with Gasteiger partial charge in [0.05, 0.1) is 17.6 Å². The van der Waals surface area contributed by atoms with E-state index in [1.54, 1.807) is 0 Å². The van der Waals surface area contributed by atoms with Crippen molar-refractivity contribution in [3.8, 4) is 6.07 Å². The van der Waals surface area contributed by atoms with Gasteiger partial charge in [0.15, 0.2) is 0 Å². The highest BCUT2D eigenvalue weighted by Crippen LogP contribution is 2.35. The summed E-state index contributed by atoms with van der Waals surface area (Å²) < 4.78 is 5.30. The van der Waals surface area contributed by atoms with E-state index in [1.807, 2.05) is 0 Å². The minimum Gasteiger partial charge on any atom is -0.391 e. The Kier molecular flexibility index (Phi) is 8.09. The largest absolute Gasteiger partial charge is 0.391 e. The third kappa shape index (κ3) is 5.50. The zero-order valence-corrected chi connectivity index (χ0v) is 12.4. The van der Waals surface area contributed by atoms with Crippen LogP contribution < -0.4 is 0 Å². The number of hydrogen-bond donors (Lipinski definition) is 1. The number of nitriles is 1. The van der Waals surface area contributed by atoms with Gasteiger partial charge in [0.25, 0.3) is 0 Å². The van der Waals surface area contributed by atoms with Gasteiger partial charge in [0.1, 0.15) is 0 Å². The fourth-order valence-electron chi connectivity index (χ4n) is 2.83. The van der Waals surface area contributed by atoms with E-state index < -0.39 is 11.5 Å². The third-order valence-corrected chi connectivity index (χ3v) is 4.33. The first-order chi connectivity index (χ1) is 9.25. The van der Waals surface area contributed by atoms with E-state index in [4.69, 9.17) is 4.74 Å². The van der Waals surface area contributed by atoms with Crippen molar-refractivity contribution >= 4 is 0 Å². The number of hydrogen-bond acceptors (Lipinski definition) is 3. The number of ether oxygens (including phenoxy) is 1. The Morgan fingerprint density at radius 1 is 1.11 bits per heavy atom. The van der Waals surface area contributed by atoms with E-state index in [-0.39, 0.29) is 0 Å².